The highest BCUT2D eigenvalue weighted by Gasteiger charge is 2.30. The smallest absolute Gasteiger partial charge is 0.251 e. The summed E-state index contributed by atoms with van der Waals surface area (Å²) in [6.07, 6.45) is 4.43. The second-order valence-corrected chi connectivity index (χ2v) is 10.7. The Morgan fingerprint density at radius 2 is 1.71 bits per heavy atom. The lowest BCUT2D eigenvalue weighted by molar-refractivity contribution is 0.0949. The van der Waals surface area contributed by atoms with Crippen molar-refractivity contribution in [2.45, 2.75) is 30.7 Å². The van der Waals surface area contributed by atoms with Gasteiger partial charge in [-0.25, -0.2) is 8.42 Å². The lowest BCUT2D eigenvalue weighted by Gasteiger charge is -2.31. The fourth-order valence-corrected chi connectivity index (χ4v) is 6.04. The summed E-state index contributed by atoms with van der Waals surface area (Å²) in [5.74, 6) is 0.696. The van der Waals surface area contributed by atoms with Crippen LogP contribution < -0.4 is 5.32 Å². The van der Waals surface area contributed by atoms with E-state index in [-0.39, 0.29) is 17.3 Å². The first kappa shape index (κ1) is 23.2. The highest BCUT2D eigenvalue weighted by molar-refractivity contribution is 7.89. The molecule has 0 aliphatic carbocycles. The number of hydrogen-bond acceptors (Lipinski definition) is 5. The number of benzene rings is 2. The molecule has 0 bridgehead atoms. The maximum atomic E-state index is 13.3. The van der Waals surface area contributed by atoms with Crippen molar-refractivity contribution in [2.24, 2.45) is 5.92 Å². The van der Waals surface area contributed by atoms with Crippen LogP contribution in [-0.2, 0) is 23.0 Å². The summed E-state index contributed by atoms with van der Waals surface area (Å²) in [6.45, 7) is 1.14. The van der Waals surface area contributed by atoms with Crippen LogP contribution in [0.4, 0.5) is 0 Å². The standard InChI is InChI=1S/C26H27N5O3S/c32-26(27-19-25-29-28-24-11-4-5-14-31(24)25)22-9-6-10-23(18-22)35(33,34)30-15-12-21(13-16-30)17-20-7-2-1-3-8-20/h1-11,14,18,21H,12-13,15-17,19H2,(H,27,32). The summed E-state index contributed by atoms with van der Waals surface area (Å²) in [5, 5.41) is 11.0. The van der Waals surface area contributed by atoms with Gasteiger partial charge in [-0.2, -0.15) is 4.31 Å². The third-order valence-corrected chi connectivity index (χ3v) is 8.36. The van der Waals surface area contributed by atoms with E-state index in [2.05, 4.69) is 27.6 Å². The third-order valence-electron chi connectivity index (χ3n) is 6.47. The summed E-state index contributed by atoms with van der Waals surface area (Å²) in [7, 11) is -3.67. The van der Waals surface area contributed by atoms with E-state index in [1.165, 1.54) is 15.9 Å². The first-order chi connectivity index (χ1) is 17.0. The van der Waals surface area contributed by atoms with Crippen molar-refractivity contribution < 1.29 is 13.2 Å². The van der Waals surface area contributed by atoms with Crippen molar-refractivity contribution in [3.05, 3.63) is 95.9 Å². The highest BCUT2D eigenvalue weighted by atomic mass is 32.2. The number of nitrogens with one attached hydrogen (secondary N) is 1. The molecule has 1 aliphatic rings. The van der Waals surface area contributed by atoms with Crippen LogP contribution in [0.3, 0.4) is 0 Å². The summed E-state index contributed by atoms with van der Waals surface area (Å²) < 4.78 is 29.9. The number of carbonyl (C=O) groups excluding carboxylic acids is 1. The normalized spacial score (nSPS) is 15.3. The molecule has 2 aromatic heterocycles. The van der Waals surface area contributed by atoms with E-state index >= 15 is 0 Å². The molecule has 4 aromatic rings. The van der Waals surface area contributed by atoms with Gasteiger partial charge in [-0.1, -0.05) is 42.5 Å². The molecule has 1 amide bonds. The fraction of sp³-hybridized carbons (Fsp3) is 0.269. The van der Waals surface area contributed by atoms with Gasteiger partial charge in [-0.15, -0.1) is 10.2 Å². The minimum atomic E-state index is -3.67. The molecular formula is C26H27N5O3S. The molecule has 1 saturated heterocycles. The molecule has 9 heteroatoms. The number of sulfonamides is 1. The first-order valence-electron chi connectivity index (χ1n) is 11.7. The van der Waals surface area contributed by atoms with E-state index < -0.39 is 10.0 Å². The van der Waals surface area contributed by atoms with Crippen molar-refractivity contribution in [3.63, 3.8) is 0 Å². The largest absolute Gasteiger partial charge is 0.345 e. The van der Waals surface area contributed by atoms with Crippen LogP contribution in [0, 0.1) is 5.92 Å². The molecule has 1 fully saturated rings. The van der Waals surface area contributed by atoms with Gasteiger partial charge in [0.25, 0.3) is 5.91 Å². The number of carbonyl (C=O) groups is 1. The zero-order valence-corrected chi connectivity index (χ0v) is 20.1. The molecule has 1 N–H and O–H groups in total. The second kappa shape index (κ2) is 9.97. The predicted molar refractivity (Wildman–Crippen MR) is 132 cm³/mol. The number of hydrogen-bond donors (Lipinski definition) is 1. The molecule has 35 heavy (non-hydrogen) atoms. The molecule has 180 valence electrons. The maximum absolute atomic E-state index is 13.3. The van der Waals surface area contributed by atoms with E-state index in [4.69, 9.17) is 0 Å². The minimum absolute atomic E-state index is 0.139. The monoisotopic (exact) mass is 489 g/mol. The Morgan fingerprint density at radius 3 is 2.51 bits per heavy atom. The maximum Gasteiger partial charge on any atom is 0.251 e. The van der Waals surface area contributed by atoms with Crippen LogP contribution in [0.25, 0.3) is 5.65 Å². The molecule has 0 unspecified atom stereocenters. The van der Waals surface area contributed by atoms with Crippen molar-refractivity contribution >= 4 is 21.6 Å². The van der Waals surface area contributed by atoms with Gasteiger partial charge in [0, 0.05) is 24.8 Å². The molecule has 0 radical (unpaired) electrons. The molecule has 8 nitrogen and oxygen atoms in total. The minimum Gasteiger partial charge on any atom is -0.345 e. The predicted octanol–water partition coefficient (Wildman–Crippen LogP) is 3.30. The number of pyridine rings is 1. The van der Waals surface area contributed by atoms with Crippen molar-refractivity contribution in [3.8, 4) is 0 Å². The van der Waals surface area contributed by atoms with Gasteiger partial charge in [0.15, 0.2) is 11.5 Å². The molecule has 5 rings (SSSR count). The van der Waals surface area contributed by atoms with Crippen LogP contribution in [0.15, 0.2) is 83.9 Å². The molecular weight excluding hydrogens is 462 g/mol. The zero-order chi connectivity index (χ0) is 24.3. The van der Waals surface area contributed by atoms with Crippen molar-refractivity contribution in [1.82, 2.24) is 24.2 Å². The van der Waals surface area contributed by atoms with Crippen LogP contribution >= 0.6 is 0 Å². The molecule has 2 aromatic carbocycles. The Labute approximate surface area is 204 Å². The van der Waals surface area contributed by atoms with Gasteiger partial charge in [-0.3, -0.25) is 9.20 Å². The number of aromatic nitrogens is 3. The van der Waals surface area contributed by atoms with E-state index in [0.29, 0.717) is 36.0 Å². The second-order valence-electron chi connectivity index (χ2n) is 8.79. The summed E-state index contributed by atoms with van der Waals surface area (Å²) in [4.78, 5) is 12.9. The van der Waals surface area contributed by atoms with Crippen LogP contribution in [0.5, 0.6) is 0 Å². The van der Waals surface area contributed by atoms with E-state index in [1.54, 1.807) is 22.6 Å². The van der Waals surface area contributed by atoms with Gasteiger partial charge >= 0.3 is 0 Å². The van der Waals surface area contributed by atoms with Crippen molar-refractivity contribution in [1.29, 1.82) is 0 Å². The summed E-state index contributed by atoms with van der Waals surface area (Å²) in [5.41, 5.74) is 2.27. The number of nitrogens with zero attached hydrogens (tertiary/aromatic N) is 4. The number of rotatable bonds is 7. The fourth-order valence-electron chi connectivity index (χ4n) is 4.52. The molecule has 3 heterocycles. The lowest BCUT2D eigenvalue weighted by atomic mass is 9.91. The van der Waals surface area contributed by atoms with E-state index in [9.17, 15) is 13.2 Å². The highest BCUT2D eigenvalue weighted by Crippen LogP contribution is 2.26. The Morgan fingerprint density at radius 1 is 0.943 bits per heavy atom. The number of piperidine rings is 1. The average Bonchev–Trinajstić information content (AvgIpc) is 3.31. The molecule has 0 saturated carbocycles. The Bertz CT molecular complexity index is 1430. The summed E-state index contributed by atoms with van der Waals surface area (Å²) >= 11 is 0. The SMILES string of the molecule is O=C(NCc1nnc2ccccn12)c1cccc(S(=O)(=O)N2CCC(Cc3ccccc3)CC2)c1. The van der Waals surface area contributed by atoms with Gasteiger partial charge in [0.05, 0.1) is 11.4 Å². The van der Waals surface area contributed by atoms with Crippen LogP contribution in [0.2, 0.25) is 0 Å². The van der Waals surface area contributed by atoms with Gasteiger partial charge < -0.3 is 5.32 Å². The lowest BCUT2D eigenvalue weighted by Crippen LogP contribution is -2.39. The third kappa shape index (κ3) is 5.11. The first-order valence-corrected chi connectivity index (χ1v) is 13.2. The zero-order valence-electron chi connectivity index (χ0n) is 19.2. The van der Waals surface area contributed by atoms with Crippen LogP contribution in [-0.4, -0.2) is 46.3 Å². The topological polar surface area (TPSA) is 96.7 Å². The van der Waals surface area contributed by atoms with Gasteiger partial charge in [0.2, 0.25) is 10.0 Å². The van der Waals surface area contributed by atoms with Crippen molar-refractivity contribution in [2.75, 3.05) is 13.1 Å². The molecule has 0 spiro atoms. The Kier molecular flexibility index (Phi) is 6.61. The Hall–Kier alpha value is -3.56. The number of amides is 1. The summed E-state index contributed by atoms with van der Waals surface area (Å²) in [6, 6.07) is 22.1. The van der Waals surface area contributed by atoms with Gasteiger partial charge in [-0.05, 0) is 61.1 Å². The average molecular weight is 490 g/mol. The van der Waals surface area contributed by atoms with Crippen LogP contribution in [0.1, 0.15) is 34.6 Å². The Balaban J connectivity index is 1.22. The molecule has 1 aliphatic heterocycles. The molecule has 0 atom stereocenters. The van der Waals surface area contributed by atoms with Gasteiger partial charge in [0.1, 0.15) is 0 Å². The quantitative estimate of drug-likeness (QED) is 0.430. The number of fused-ring (bicyclic) bond motifs is 1. The van der Waals surface area contributed by atoms with E-state index in [1.807, 2.05) is 42.6 Å². The van der Waals surface area contributed by atoms with E-state index in [0.717, 1.165) is 19.3 Å².